The molecule has 0 atom stereocenters. The van der Waals surface area contributed by atoms with E-state index in [0.717, 1.165) is 61.7 Å². The number of para-hydroxylation sites is 1. The maximum atomic E-state index is 9.87. The van der Waals surface area contributed by atoms with Crippen molar-refractivity contribution in [1.29, 1.82) is 21.0 Å². The van der Waals surface area contributed by atoms with Gasteiger partial charge in [0.15, 0.2) is 22.7 Å². The molecule has 96 heavy (non-hydrogen) atoms. The Labute approximate surface area is 611 Å². The van der Waals surface area contributed by atoms with Crippen molar-refractivity contribution in [3.63, 3.8) is 0 Å². The fourth-order valence-electron chi connectivity index (χ4n) is 5.82. The molecule has 0 aliphatic rings. The average Bonchev–Trinajstić information content (AvgIpc) is 1.30. The molecular weight excluding hydrogens is 1480 g/mol. The standard InChI is InChI=1S/4C9H9N.4C6H7.4CN.F6P.5Mn.HNO3.4NO/c2*1-7-4-8(2)6-9(5-7)10-3;1-7-4-5-9(10-3)8(2)6-7;1-7-5-4-6-8(2)9(7)10-3;4*1-6-4-2-3-5-6;4*1-2;1-7(2,3,4,5)6;;;;;;2-1(3)4;4*1-2/h4*4-6H,1-2H3;4*2-5H,1H3;;;;;;;;;;;(H,2,3,4);;;;/q;;;;9*-1;;4*+2;;4*-1. The van der Waals surface area contributed by atoms with Crippen LogP contribution in [0, 0.1) is 186 Å². The van der Waals surface area contributed by atoms with Crippen molar-refractivity contribution < 1.29 is 121 Å². The molecule has 0 saturated heterocycles. The summed E-state index contributed by atoms with van der Waals surface area (Å²) in [4.78, 5) is 50.8. The zero-order chi connectivity index (χ0) is 73.9. The fourth-order valence-corrected chi connectivity index (χ4v) is 5.82. The van der Waals surface area contributed by atoms with Gasteiger partial charge in [-0.1, -0.05) is 128 Å². The van der Waals surface area contributed by atoms with Gasteiger partial charge in [-0.3, -0.25) is 0 Å². The zero-order valence-electron chi connectivity index (χ0n) is 53.5. The number of halogens is 6. The predicted molar refractivity (Wildman–Crippen MR) is 345 cm³/mol. The number of aryl methyl sites for hydroxylation is 12. The van der Waals surface area contributed by atoms with Crippen LogP contribution < -0.4 is 0 Å². The largest absolute Gasteiger partial charge is 2.00 e. The van der Waals surface area contributed by atoms with Crippen LogP contribution >= 0.6 is 7.81 Å². The summed E-state index contributed by atoms with van der Waals surface area (Å²) in [6.07, 6.45) is 0. The van der Waals surface area contributed by atoms with E-state index in [-0.39, 0.29) is 85.3 Å². The van der Waals surface area contributed by atoms with Gasteiger partial charge in [0.25, 0.3) is 5.09 Å². The molecule has 8 aromatic carbocycles. The molecule has 0 unspecified atom stereocenters. The van der Waals surface area contributed by atoms with Crippen LogP contribution in [0.4, 0.5) is 47.9 Å². The Kier molecular flexibility index (Phi) is 100. The third kappa shape index (κ3) is 98.0. The second-order valence-electron chi connectivity index (χ2n) is 16.7. The van der Waals surface area contributed by atoms with E-state index in [1.165, 1.54) is 27.8 Å². The van der Waals surface area contributed by atoms with Crippen LogP contribution in [0.15, 0.2) is 170 Å². The summed E-state index contributed by atoms with van der Waals surface area (Å²) in [6.45, 7) is 70.4. The molecule has 32 heteroatoms. The SMILES string of the molecule is Cc1ccc[cH-]1.Cc1ccc[cH-]1.Cc1ccc[cH-]1.Cc1ccc[cH-]1.F[P-](F)(F)(F)(F)F.O=[N+]([O-])O.[C-]#N.[C-]#N.[C-]#N.[C-]#N.[C-]#[N+]c1c(C)cccc1C.[C-]#[N+]c1cc(C)cc(C)c1.[C-]#[N+]c1cc(C)cc(C)c1.[C-]#[N+]c1ccc(C)cc1C.[Mn+2].[Mn+2].[Mn+2].[Mn+2].[Mn].[N-]=O.[N-]=O.[N-]=O.[N-]=O. The van der Waals surface area contributed by atoms with E-state index in [4.69, 9.17) is 131 Å². The number of nitroso groups, excluding NO2 is 4. The van der Waals surface area contributed by atoms with Gasteiger partial charge in [-0.15, -0.1) is 10.1 Å². The Bertz CT molecular complexity index is 3080. The number of benzene rings is 4. The maximum Gasteiger partial charge on any atom is 2.00 e. The van der Waals surface area contributed by atoms with Crippen LogP contribution in [0.3, 0.4) is 0 Å². The van der Waals surface area contributed by atoms with Gasteiger partial charge in [0.1, 0.15) is 0 Å². The van der Waals surface area contributed by atoms with Gasteiger partial charge < -0.3 is 94.5 Å². The van der Waals surface area contributed by atoms with Crippen molar-refractivity contribution in [2.24, 2.45) is 0 Å². The molecular formula is C64H65F6Mn5N13O7P-5. The van der Waals surface area contributed by atoms with Gasteiger partial charge >= 0.3 is 101 Å². The third-order valence-corrected chi connectivity index (χ3v) is 9.01. The minimum atomic E-state index is -10.7. The summed E-state index contributed by atoms with van der Waals surface area (Å²) in [5.41, 5.74) is 40.4. The summed E-state index contributed by atoms with van der Waals surface area (Å²) in [7, 11) is -10.7. The summed E-state index contributed by atoms with van der Waals surface area (Å²) in [6, 6.07) is 56.4. The molecule has 8 aromatic rings. The number of rotatable bonds is 0. The minimum absolute atomic E-state index is 0. The summed E-state index contributed by atoms with van der Waals surface area (Å²) < 4.78 is 59.2. The molecule has 0 spiro atoms. The topological polar surface area (TPSA) is 333 Å². The molecule has 20 nitrogen and oxygen atoms in total. The molecule has 0 aliphatic heterocycles. The molecule has 0 aliphatic carbocycles. The second-order valence-corrected chi connectivity index (χ2v) is 18.6. The number of hydrogen-bond acceptors (Lipinski definition) is 10. The Hall–Kier alpha value is -9.59. The molecule has 515 valence electrons. The molecule has 0 saturated carbocycles. The van der Waals surface area contributed by atoms with E-state index < -0.39 is 12.9 Å². The minimum Gasteiger partial charge on any atom is -0.577 e. The van der Waals surface area contributed by atoms with Crippen LogP contribution in [-0.2, 0) is 85.3 Å². The van der Waals surface area contributed by atoms with E-state index in [1.807, 2.05) is 165 Å². The van der Waals surface area contributed by atoms with Gasteiger partial charge in [-0.05, 0) is 72.1 Å². The predicted octanol–water partition coefficient (Wildman–Crippen LogP) is 23.0. The average molecular weight is 1550 g/mol. The smallest absolute Gasteiger partial charge is 0.577 e. The normalized spacial score (nSPS) is 8.10. The Morgan fingerprint density at radius 1 is 0.396 bits per heavy atom. The van der Waals surface area contributed by atoms with Crippen molar-refractivity contribution in [3.05, 3.63) is 361 Å². The molecule has 1 N–H and O–H groups in total. The quantitative estimate of drug-likeness (QED) is 0.0371. The van der Waals surface area contributed by atoms with Crippen LogP contribution in [0.5, 0.6) is 0 Å². The van der Waals surface area contributed by atoms with Gasteiger partial charge in [-0.2, -0.15) is 70.8 Å². The Morgan fingerprint density at radius 3 is 0.760 bits per heavy atom. The first kappa shape index (κ1) is 124. The molecule has 0 heterocycles. The van der Waals surface area contributed by atoms with Crippen molar-refractivity contribution >= 4 is 30.6 Å². The van der Waals surface area contributed by atoms with Gasteiger partial charge in [0, 0.05) is 17.1 Å². The third-order valence-electron chi connectivity index (χ3n) is 9.01. The Morgan fingerprint density at radius 2 is 0.625 bits per heavy atom. The van der Waals surface area contributed by atoms with E-state index in [2.05, 4.69) is 108 Å². The first-order chi connectivity index (χ1) is 42.7. The molecule has 0 aromatic heterocycles. The van der Waals surface area contributed by atoms with Crippen molar-refractivity contribution in [2.75, 3.05) is 0 Å². The van der Waals surface area contributed by atoms with Crippen molar-refractivity contribution in [1.82, 2.24) is 0 Å². The van der Waals surface area contributed by atoms with Gasteiger partial charge in [-0.25, -0.2) is 67.9 Å². The fraction of sp³-hybridized carbons (Fsp3) is 0.188. The monoisotopic (exact) mass is 1550 g/mol. The van der Waals surface area contributed by atoms with E-state index in [1.54, 1.807) is 0 Å². The van der Waals surface area contributed by atoms with Crippen molar-refractivity contribution in [3.8, 4) is 0 Å². The molecule has 0 amide bonds. The first-order valence-corrected chi connectivity index (χ1v) is 26.3. The Balaban J connectivity index is -0.0000000571. The van der Waals surface area contributed by atoms with E-state index in [9.17, 15) is 25.2 Å². The summed E-state index contributed by atoms with van der Waals surface area (Å²) in [5.74, 6) is 0. The molecule has 0 bridgehead atoms. The van der Waals surface area contributed by atoms with Crippen LogP contribution in [0.2, 0.25) is 0 Å². The first-order valence-electron chi connectivity index (χ1n) is 24.2. The van der Waals surface area contributed by atoms with Crippen LogP contribution in [0.1, 0.15) is 66.8 Å². The summed E-state index contributed by atoms with van der Waals surface area (Å²) >= 11 is 0. The maximum absolute atomic E-state index is 10.7. The number of nitrogens with zero attached hydrogens (tertiary/aromatic N) is 13. The summed E-state index contributed by atoms with van der Waals surface area (Å²) in [5, 5.41) is 38.6. The molecule has 5 radical (unpaired) electrons. The van der Waals surface area contributed by atoms with E-state index >= 15 is 0 Å². The second kappa shape index (κ2) is 77.9. The molecule has 0 fully saturated rings. The van der Waals surface area contributed by atoms with Gasteiger partial charge in [0.2, 0.25) is 0 Å². The van der Waals surface area contributed by atoms with E-state index in [0.29, 0.717) is 0 Å². The van der Waals surface area contributed by atoms with Gasteiger partial charge in [0.05, 0.1) is 26.3 Å². The zero-order valence-corrected chi connectivity index (χ0v) is 60.3. The van der Waals surface area contributed by atoms with Crippen LogP contribution in [-0.4, -0.2) is 10.3 Å². The molecule has 8 rings (SSSR count). The van der Waals surface area contributed by atoms with Crippen molar-refractivity contribution in [2.45, 2.75) is 83.1 Å². The number of hydrogen-bond donors (Lipinski definition) is 1. The van der Waals surface area contributed by atoms with Crippen LogP contribution in [0.25, 0.3) is 41.8 Å².